The SMILES string of the molecule is NC(=O)[C@H]1CN(c2c(O)ccc(Cl)c2Cl)CCN1. The van der Waals surface area contributed by atoms with Crippen LogP contribution in [0.4, 0.5) is 5.69 Å². The normalized spacial score (nSPS) is 19.9. The van der Waals surface area contributed by atoms with Gasteiger partial charge < -0.3 is 21.1 Å². The lowest BCUT2D eigenvalue weighted by Gasteiger charge is -2.34. The predicted octanol–water partition coefficient (Wildman–Crippen LogP) is 0.962. The van der Waals surface area contributed by atoms with Gasteiger partial charge in [0.05, 0.1) is 15.7 Å². The number of nitrogens with zero attached hydrogens (tertiary/aromatic N) is 1. The third-order valence-corrected chi connectivity index (χ3v) is 3.68. The summed E-state index contributed by atoms with van der Waals surface area (Å²) in [4.78, 5) is 13.0. The molecule has 0 radical (unpaired) electrons. The first-order chi connectivity index (χ1) is 8.50. The summed E-state index contributed by atoms with van der Waals surface area (Å²) in [6.45, 7) is 1.54. The van der Waals surface area contributed by atoms with Gasteiger partial charge in [-0.3, -0.25) is 4.79 Å². The van der Waals surface area contributed by atoms with E-state index in [9.17, 15) is 9.90 Å². The van der Waals surface area contributed by atoms with Gasteiger partial charge in [0, 0.05) is 19.6 Å². The number of carbonyl (C=O) groups is 1. The monoisotopic (exact) mass is 289 g/mol. The Morgan fingerprint density at radius 3 is 2.89 bits per heavy atom. The van der Waals surface area contributed by atoms with E-state index >= 15 is 0 Å². The maximum Gasteiger partial charge on any atom is 0.236 e. The molecule has 0 bridgehead atoms. The molecule has 1 aromatic carbocycles. The van der Waals surface area contributed by atoms with Crippen LogP contribution in [0.15, 0.2) is 12.1 Å². The molecule has 1 saturated heterocycles. The van der Waals surface area contributed by atoms with E-state index in [1.165, 1.54) is 12.1 Å². The number of hydrogen-bond donors (Lipinski definition) is 3. The number of anilines is 1. The highest BCUT2D eigenvalue weighted by Crippen LogP contribution is 2.40. The van der Waals surface area contributed by atoms with Crippen molar-refractivity contribution >= 4 is 34.8 Å². The number of phenols is 1. The number of carbonyl (C=O) groups excluding carboxylic acids is 1. The summed E-state index contributed by atoms with van der Waals surface area (Å²) in [7, 11) is 0. The van der Waals surface area contributed by atoms with Crippen LogP contribution < -0.4 is 16.0 Å². The Kier molecular flexibility index (Phi) is 3.85. The highest BCUT2D eigenvalue weighted by atomic mass is 35.5. The van der Waals surface area contributed by atoms with Crippen LogP contribution in [-0.4, -0.2) is 36.7 Å². The first-order valence-electron chi connectivity index (χ1n) is 5.45. The molecule has 0 aromatic heterocycles. The van der Waals surface area contributed by atoms with Crippen molar-refractivity contribution in [3.8, 4) is 5.75 Å². The minimum atomic E-state index is -0.465. The average molecular weight is 290 g/mol. The third-order valence-electron chi connectivity index (χ3n) is 2.88. The van der Waals surface area contributed by atoms with Gasteiger partial charge in [-0.1, -0.05) is 23.2 Å². The summed E-state index contributed by atoms with van der Waals surface area (Å²) in [6.07, 6.45) is 0. The van der Waals surface area contributed by atoms with Crippen molar-refractivity contribution in [3.63, 3.8) is 0 Å². The van der Waals surface area contributed by atoms with Crippen molar-refractivity contribution in [2.45, 2.75) is 6.04 Å². The first kappa shape index (κ1) is 13.3. The molecular formula is C11H13Cl2N3O2. The number of piperazine rings is 1. The molecule has 1 amide bonds. The third kappa shape index (κ3) is 2.48. The fourth-order valence-electron chi connectivity index (χ4n) is 1.97. The molecule has 1 aliphatic rings. The van der Waals surface area contributed by atoms with Gasteiger partial charge in [0.15, 0.2) is 0 Å². The van der Waals surface area contributed by atoms with Crippen LogP contribution in [0, 0.1) is 0 Å². The zero-order valence-corrected chi connectivity index (χ0v) is 11.0. The van der Waals surface area contributed by atoms with Crippen molar-refractivity contribution in [1.29, 1.82) is 0 Å². The number of benzene rings is 1. The van der Waals surface area contributed by atoms with Crippen molar-refractivity contribution in [3.05, 3.63) is 22.2 Å². The number of rotatable bonds is 2. The molecule has 0 unspecified atom stereocenters. The summed E-state index contributed by atoms with van der Waals surface area (Å²) in [5, 5.41) is 13.5. The van der Waals surface area contributed by atoms with Gasteiger partial charge >= 0.3 is 0 Å². The van der Waals surface area contributed by atoms with E-state index in [2.05, 4.69) is 5.32 Å². The first-order valence-corrected chi connectivity index (χ1v) is 6.21. The molecule has 2 rings (SSSR count). The van der Waals surface area contributed by atoms with Crippen molar-refractivity contribution in [2.75, 3.05) is 24.5 Å². The fraction of sp³-hybridized carbons (Fsp3) is 0.364. The molecule has 1 aliphatic heterocycles. The fourth-order valence-corrected chi connectivity index (χ4v) is 2.41. The maximum atomic E-state index is 11.2. The minimum absolute atomic E-state index is 0.0366. The van der Waals surface area contributed by atoms with Crippen LogP contribution in [0.5, 0.6) is 5.75 Å². The zero-order valence-electron chi connectivity index (χ0n) is 9.49. The maximum absolute atomic E-state index is 11.2. The van der Waals surface area contributed by atoms with Gasteiger partial charge in [0.2, 0.25) is 5.91 Å². The van der Waals surface area contributed by atoms with Crippen LogP contribution in [0.1, 0.15) is 0 Å². The van der Waals surface area contributed by atoms with Gasteiger partial charge in [-0.15, -0.1) is 0 Å². The molecule has 5 nitrogen and oxygen atoms in total. The van der Waals surface area contributed by atoms with E-state index in [1.807, 2.05) is 0 Å². The van der Waals surface area contributed by atoms with E-state index < -0.39 is 11.9 Å². The smallest absolute Gasteiger partial charge is 0.236 e. The van der Waals surface area contributed by atoms with E-state index in [1.54, 1.807) is 4.90 Å². The lowest BCUT2D eigenvalue weighted by Crippen LogP contribution is -2.56. The summed E-state index contributed by atoms with van der Waals surface area (Å²) in [5.74, 6) is -0.396. The van der Waals surface area contributed by atoms with Crippen molar-refractivity contribution in [1.82, 2.24) is 5.32 Å². The second-order valence-corrected chi connectivity index (χ2v) is 4.87. The van der Waals surface area contributed by atoms with Crippen molar-refractivity contribution in [2.24, 2.45) is 5.73 Å². The van der Waals surface area contributed by atoms with Gasteiger partial charge in [-0.2, -0.15) is 0 Å². The van der Waals surface area contributed by atoms with Gasteiger partial charge in [0.25, 0.3) is 0 Å². The molecule has 0 spiro atoms. The van der Waals surface area contributed by atoms with Crippen LogP contribution in [-0.2, 0) is 4.79 Å². The largest absolute Gasteiger partial charge is 0.506 e. The Hall–Kier alpha value is -1.17. The lowest BCUT2D eigenvalue weighted by atomic mass is 10.1. The number of nitrogens with one attached hydrogen (secondary N) is 1. The molecule has 0 aliphatic carbocycles. The second kappa shape index (κ2) is 5.22. The molecule has 98 valence electrons. The molecule has 0 saturated carbocycles. The molecule has 1 fully saturated rings. The van der Waals surface area contributed by atoms with Gasteiger partial charge in [-0.05, 0) is 12.1 Å². The Morgan fingerprint density at radius 1 is 1.50 bits per heavy atom. The predicted molar refractivity (Wildman–Crippen MR) is 71.3 cm³/mol. The number of nitrogens with two attached hydrogens (primary N) is 1. The average Bonchev–Trinajstić information content (AvgIpc) is 2.35. The van der Waals surface area contributed by atoms with E-state index in [0.717, 1.165) is 0 Å². The standard InChI is InChI=1S/C11H13Cl2N3O2/c12-6-1-2-8(17)10(9(6)13)16-4-3-15-7(5-16)11(14)18/h1-2,7,15,17H,3-5H2,(H2,14,18)/t7-/m1/s1. The summed E-state index contributed by atoms with van der Waals surface area (Å²) < 4.78 is 0. The summed E-state index contributed by atoms with van der Waals surface area (Å²) in [5.41, 5.74) is 5.71. The molecule has 1 aromatic rings. The van der Waals surface area contributed by atoms with Gasteiger partial charge in [-0.25, -0.2) is 0 Å². The van der Waals surface area contributed by atoms with Crippen LogP contribution in [0.3, 0.4) is 0 Å². The Balaban J connectivity index is 2.31. The summed E-state index contributed by atoms with van der Waals surface area (Å²) >= 11 is 12.0. The van der Waals surface area contributed by atoms with E-state index in [-0.39, 0.29) is 10.8 Å². The number of aromatic hydroxyl groups is 1. The Morgan fingerprint density at radius 2 is 2.22 bits per heavy atom. The second-order valence-electron chi connectivity index (χ2n) is 4.08. The Bertz CT molecular complexity index is 482. The minimum Gasteiger partial charge on any atom is -0.506 e. The highest BCUT2D eigenvalue weighted by Gasteiger charge is 2.26. The number of phenolic OH excluding ortho intramolecular Hbond substituents is 1. The van der Waals surface area contributed by atoms with Crippen molar-refractivity contribution < 1.29 is 9.90 Å². The molecule has 1 heterocycles. The molecule has 1 atom stereocenters. The summed E-state index contributed by atoms with van der Waals surface area (Å²) in [6, 6.07) is 2.54. The lowest BCUT2D eigenvalue weighted by molar-refractivity contribution is -0.120. The zero-order chi connectivity index (χ0) is 13.3. The number of hydrogen-bond acceptors (Lipinski definition) is 4. The number of primary amides is 1. The van der Waals surface area contributed by atoms with Crippen LogP contribution in [0.25, 0.3) is 0 Å². The Labute approximate surface area is 114 Å². The van der Waals surface area contributed by atoms with Gasteiger partial charge in [0.1, 0.15) is 11.8 Å². The topological polar surface area (TPSA) is 78.6 Å². The quantitative estimate of drug-likeness (QED) is 0.758. The van der Waals surface area contributed by atoms with E-state index in [4.69, 9.17) is 28.9 Å². The number of halogens is 2. The molecule has 18 heavy (non-hydrogen) atoms. The van der Waals surface area contributed by atoms with E-state index in [0.29, 0.717) is 30.3 Å². The highest BCUT2D eigenvalue weighted by molar-refractivity contribution is 6.44. The van der Waals surface area contributed by atoms with Crippen LogP contribution >= 0.6 is 23.2 Å². The number of amides is 1. The van der Waals surface area contributed by atoms with Crippen LogP contribution in [0.2, 0.25) is 10.0 Å². The molecular weight excluding hydrogens is 277 g/mol. The molecule has 4 N–H and O–H groups in total. The molecule has 7 heteroatoms.